The molecule has 7 heteroatoms. The van der Waals surface area contributed by atoms with Gasteiger partial charge in [0.05, 0.1) is 0 Å². The van der Waals surface area contributed by atoms with Gasteiger partial charge in [-0.15, -0.1) is 0 Å². The minimum absolute atomic E-state index is 0.362. The molecular weight excluding hydrogens is 300 g/mol. The van der Waals surface area contributed by atoms with Crippen LogP contribution in [-0.4, -0.2) is 34.3 Å². The number of nitro groups is 1. The summed E-state index contributed by atoms with van der Waals surface area (Å²) < 4.78 is 5.26. The number of hydrogen-bond acceptors (Lipinski definition) is 5. The van der Waals surface area contributed by atoms with Crippen LogP contribution in [0.15, 0.2) is 60.7 Å². The second-order valence-corrected chi connectivity index (χ2v) is 4.78. The normalized spacial score (nSPS) is 11.5. The zero-order valence-corrected chi connectivity index (χ0v) is 12.2. The topological polar surface area (TPSA) is 92.9 Å². The van der Waals surface area contributed by atoms with E-state index in [4.69, 9.17) is 4.74 Å². The maximum absolute atomic E-state index is 12.0. The highest BCUT2D eigenvalue weighted by Crippen LogP contribution is 2.20. The molecule has 1 amide bonds. The second kappa shape index (κ2) is 7.90. The Morgan fingerprint density at radius 2 is 1.70 bits per heavy atom. The van der Waals surface area contributed by atoms with Crippen molar-refractivity contribution >= 4 is 5.91 Å². The summed E-state index contributed by atoms with van der Waals surface area (Å²) in [6.07, 6.45) is 0. The first-order chi connectivity index (χ1) is 11.1. The third-order valence-electron chi connectivity index (χ3n) is 3.16. The highest BCUT2D eigenvalue weighted by Gasteiger charge is 2.28. The monoisotopic (exact) mass is 316 g/mol. The number of benzene rings is 2. The molecular formula is C16H16N2O5. The third-order valence-corrected chi connectivity index (χ3v) is 3.16. The van der Waals surface area contributed by atoms with E-state index >= 15 is 0 Å². The fourth-order valence-electron chi connectivity index (χ4n) is 2.04. The van der Waals surface area contributed by atoms with Crippen LogP contribution in [0, 0.1) is 10.1 Å². The molecule has 0 fully saturated rings. The van der Waals surface area contributed by atoms with Crippen molar-refractivity contribution in [1.29, 1.82) is 0 Å². The largest absolute Gasteiger partial charge is 0.484 e. The van der Waals surface area contributed by atoms with Gasteiger partial charge in [0.2, 0.25) is 6.54 Å². The molecule has 2 aromatic carbocycles. The number of rotatable bonds is 7. The molecule has 0 bridgehead atoms. The summed E-state index contributed by atoms with van der Waals surface area (Å²) in [6, 6.07) is 15.9. The lowest BCUT2D eigenvalue weighted by Crippen LogP contribution is -2.38. The molecule has 0 saturated carbocycles. The van der Waals surface area contributed by atoms with Crippen molar-refractivity contribution in [2.24, 2.45) is 0 Å². The number of nitrogens with zero attached hydrogens (tertiary/aromatic N) is 2. The molecule has 0 heterocycles. The lowest BCUT2D eigenvalue weighted by molar-refractivity contribution is -0.491. The summed E-state index contributed by atoms with van der Waals surface area (Å²) in [6.45, 7) is -1.01. The maximum atomic E-state index is 12.0. The Hall–Kier alpha value is -2.93. The number of para-hydroxylation sites is 1. The molecule has 120 valence electrons. The number of hydroxylamine groups is 2. The lowest BCUT2D eigenvalue weighted by atomic mass is 10.1. The molecule has 0 saturated heterocycles. The standard InChI is InChI=1S/C16H16N2O5/c19-16(12-23-14-9-5-2-6-10-14)18(22)15(11-17(20)21)13-7-3-1-4-8-13/h1-10,15,22H,11-12H2/t15-/m1/s1. The van der Waals surface area contributed by atoms with Gasteiger partial charge in [-0.05, 0) is 17.7 Å². The van der Waals surface area contributed by atoms with Crippen LogP contribution >= 0.6 is 0 Å². The molecule has 1 N–H and O–H groups in total. The summed E-state index contributed by atoms with van der Waals surface area (Å²) >= 11 is 0. The van der Waals surface area contributed by atoms with Crippen molar-refractivity contribution in [3.8, 4) is 5.75 Å². The summed E-state index contributed by atoms with van der Waals surface area (Å²) in [4.78, 5) is 22.3. The number of carbonyl (C=O) groups excluding carboxylic acids is 1. The van der Waals surface area contributed by atoms with Gasteiger partial charge in [-0.25, -0.2) is 5.06 Å². The first kappa shape index (κ1) is 16.4. The molecule has 0 aliphatic heterocycles. The van der Waals surface area contributed by atoms with Crippen LogP contribution in [0.3, 0.4) is 0 Å². The quantitative estimate of drug-likeness (QED) is 0.480. The van der Waals surface area contributed by atoms with E-state index in [0.29, 0.717) is 16.4 Å². The van der Waals surface area contributed by atoms with Crippen LogP contribution in [0.2, 0.25) is 0 Å². The van der Waals surface area contributed by atoms with Gasteiger partial charge in [-0.1, -0.05) is 48.5 Å². The van der Waals surface area contributed by atoms with Gasteiger partial charge >= 0.3 is 0 Å². The molecule has 0 aliphatic rings. The molecule has 0 unspecified atom stereocenters. The Morgan fingerprint density at radius 3 is 2.26 bits per heavy atom. The van der Waals surface area contributed by atoms with Gasteiger partial charge in [0.15, 0.2) is 6.61 Å². The van der Waals surface area contributed by atoms with Gasteiger partial charge in [-0.2, -0.15) is 0 Å². The predicted octanol–water partition coefficient (Wildman–Crippen LogP) is 2.30. The van der Waals surface area contributed by atoms with Gasteiger partial charge in [0, 0.05) is 4.92 Å². The van der Waals surface area contributed by atoms with Crippen LogP contribution in [0.25, 0.3) is 0 Å². The van der Waals surface area contributed by atoms with E-state index in [0.717, 1.165) is 0 Å². The Kier molecular flexibility index (Phi) is 5.65. The Bertz CT molecular complexity index is 648. The fraction of sp³-hybridized carbons (Fsp3) is 0.188. The summed E-state index contributed by atoms with van der Waals surface area (Å²) in [5.74, 6) is -0.288. The van der Waals surface area contributed by atoms with Crippen LogP contribution in [0.4, 0.5) is 0 Å². The number of ether oxygens (including phenoxy) is 1. The van der Waals surface area contributed by atoms with Gasteiger partial charge in [0.25, 0.3) is 5.91 Å². The second-order valence-electron chi connectivity index (χ2n) is 4.78. The van der Waals surface area contributed by atoms with Crippen molar-refractivity contribution < 1.29 is 19.7 Å². The van der Waals surface area contributed by atoms with E-state index in [1.54, 1.807) is 60.7 Å². The third kappa shape index (κ3) is 4.79. The SMILES string of the molecule is O=C(COc1ccccc1)N(O)[C@H](C[N+](=O)[O-])c1ccccc1. The summed E-state index contributed by atoms with van der Waals surface area (Å²) in [7, 11) is 0. The lowest BCUT2D eigenvalue weighted by Gasteiger charge is -2.23. The van der Waals surface area contributed by atoms with Gasteiger partial charge in [0.1, 0.15) is 11.8 Å². The fourth-order valence-corrected chi connectivity index (χ4v) is 2.04. The van der Waals surface area contributed by atoms with Crippen molar-refractivity contribution in [3.05, 3.63) is 76.3 Å². The highest BCUT2D eigenvalue weighted by atomic mass is 16.6. The van der Waals surface area contributed by atoms with E-state index < -0.39 is 30.0 Å². The van der Waals surface area contributed by atoms with E-state index in [1.165, 1.54) is 0 Å². The van der Waals surface area contributed by atoms with Crippen molar-refractivity contribution in [2.45, 2.75) is 6.04 Å². The van der Waals surface area contributed by atoms with Gasteiger partial charge < -0.3 is 4.74 Å². The average molecular weight is 316 g/mol. The Morgan fingerprint density at radius 1 is 1.13 bits per heavy atom. The molecule has 7 nitrogen and oxygen atoms in total. The minimum Gasteiger partial charge on any atom is -0.484 e. The molecule has 0 aliphatic carbocycles. The molecule has 23 heavy (non-hydrogen) atoms. The maximum Gasteiger partial charge on any atom is 0.284 e. The number of amides is 1. The first-order valence-corrected chi connectivity index (χ1v) is 6.93. The molecule has 0 radical (unpaired) electrons. The Labute approximate surface area is 132 Å². The summed E-state index contributed by atoms with van der Waals surface area (Å²) in [5.41, 5.74) is 0.472. The molecule has 0 spiro atoms. The van der Waals surface area contributed by atoms with Gasteiger partial charge in [-0.3, -0.25) is 20.1 Å². The number of hydrogen-bond donors (Lipinski definition) is 1. The predicted molar refractivity (Wildman–Crippen MR) is 81.6 cm³/mol. The van der Waals surface area contributed by atoms with Crippen LogP contribution in [0.5, 0.6) is 5.75 Å². The van der Waals surface area contributed by atoms with Crippen molar-refractivity contribution in [1.82, 2.24) is 5.06 Å². The van der Waals surface area contributed by atoms with E-state index in [9.17, 15) is 20.1 Å². The summed E-state index contributed by atoms with van der Waals surface area (Å²) in [5, 5.41) is 21.2. The van der Waals surface area contributed by atoms with Crippen molar-refractivity contribution in [2.75, 3.05) is 13.2 Å². The van der Waals surface area contributed by atoms with E-state index in [1.807, 2.05) is 0 Å². The van der Waals surface area contributed by atoms with Crippen LogP contribution in [-0.2, 0) is 4.79 Å². The van der Waals surface area contributed by atoms with Crippen LogP contribution in [0.1, 0.15) is 11.6 Å². The molecule has 1 atom stereocenters. The van der Waals surface area contributed by atoms with E-state index in [-0.39, 0.29) is 0 Å². The minimum atomic E-state index is -1.07. The number of carbonyl (C=O) groups is 1. The first-order valence-electron chi connectivity index (χ1n) is 6.93. The zero-order valence-electron chi connectivity index (χ0n) is 12.2. The highest BCUT2D eigenvalue weighted by molar-refractivity contribution is 5.77. The average Bonchev–Trinajstić information content (AvgIpc) is 2.58. The molecule has 2 rings (SSSR count). The Balaban J connectivity index is 2.05. The van der Waals surface area contributed by atoms with Crippen LogP contribution < -0.4 is 4.74 Å². The molecule has 0 aromatic heterocycles. The smallest absolute Gasteiger partial charge is 0.284 e. The van der Waals surface area contributed by atoms with Crippen molar-refractivity contribution in [3.63, 3.8) is 0 Å². The van der Waals surface area contributed by atoms with E-state index in [2.05, 4.69) is 0 Å². The zero-order chi connectivity index (χ0) is 16.7. The molecule has 2 aromatic rings.